The van der Waals surface area contributed by atoms with E-state index in [2.05, 4.69) is 12.2 Å². The molecule has 100 valence electrons. The lowest BCUT2D eigenvalue weighted by Gasteiger charge is -2.12. The van der Waals surface area contributed by atoms with E-state index in [1.165, 1.54) is 12.8 Å². The van der Waals surface area contributed by atoms with E-state index in [0.29, 0.717) is 6.42 Å². The fourth-order valence-electron chi connectivity index (χ4n) is 1.98. The van der Waals surface area contributed by atoms with Crippen LogP contribution in [0.25, 0.3) is 0 Å². The van der Waals surface area contributed by atoms with Crippen LogP contribution in [0.1, 0.15) is 44.1 Å². The van der Waals surface area contributed by atoms with Crippen LogP contribution >= 0.6 is 0 Å². The van der Waals surface area contributed by atoms with Crippen molar-refractivity contribution in [2.24, 2.45) is 0 Å². The minimum absolute atomic E-state index is 0.376. The van der Waals surface area contributed by atoms with Gasteiger partial charge in [-0.3, -0.25) is 4.79 Å². The van der Waals surface area contributed by atoms with Crippen molar-refractivity contribution in [3.05, 3.63) is 35.9 Å². The normalized spacial score (nSPS) is 12.3. The highest BCUT2D eigenvalue weighted by atomic mass is 16.4. The Kier molecular flexibility index (Phi) is 7.11. The molecule has 0 fully saturated rings. The highest BCUT2D eigenvalue weighted by Crippen LogP contribution is 2.20. The van der Waals surface area contributed by atoms with E-state index in [-0.39, 0.29) is 5.92 Å². The summed E-state index contributed by atoms with van der Waals surface area (Å²) in [6.45, 7) is 4.09. The Morgan fingerprint density at radius 3 is 2.50 bits per heavy atom. The number of hydrogen-bond donors (Lipinski definition) is 2. The summed E-state index contributed by atoms with van der Waals surface area (Å²) in [5, 5.41) is 12.6. The molecule has 1 aromatic rings. The third-order valence-corrected chi connectivity index (χ3v) is 3.05. The van der Waals surface area contributed by atoms with Crippen molar-refractivity contribution >= 4 is 5.97 Å². The molecule has 1 rings (SSSR count). The van der Waals surface area contributed by atoms with Crippen LogP contribution < -0.4 is 5.32 Å². The van der Waals surface area contributed by atoms with Crippen LogP contribution in [-0.2, 0) is 4.79 Å². The van der Waals surface area contributed by atoms with E-state index < -0.39 is 5.97 Å². The van der Waals surface area contributed by atoms with Crippen LogP contribution in [0.2, 0.25) is 0 Å². The van der Waals surface area contributed by atoms with Gasteiger partial charge in [0.25, 0.3) is 0 Å². The van der Waals surface area contributed by atoms with Gasteiger partial charge in [-0.2, -0.15) is 0 Å². The van der Waals surface area contributed by atoms with Gasteiger partial charge in [0, 0.05) is 0 Å². The zero-order chi connectivity index (χ0) is 13.2. The monoisotopic (exact) mass is 249 g/mol. The predicted octanol–water partition coefficient (Wildman–Crippen LogP) is 3.02. The maximum atomic E-state index is 11.2. The van der Waals surface area contributed by atoms with Gasteiger partial charge in [0.15, 0.2) is 0 Å². The Morgan fingerprint density at radius 2 is 1.89 bits per heavy atom. The molecule has 0 saturated carbocycles. The van der Waals surface area contributed by atoms with Gasteiger partial charge in [0.1, 0.15) is 0 Å². The number of aliphatic carboxylic acids is 1. The third kappa shape index (κ3) is 5.32. The summed E-state index contributed by atoms with van der Waals surface area (Å²) in [5.41, 5.74) is 0.901. The fraction of sp³-hybridized carbons (Fsp3) is 0.533. The average molecular weight is 249 g/mol. The number of carboxylic acids is 1. The van der Waals surface area contributed by atoms with Crippen LogP contribution in [-0.4, -0.2) is 24.2 Å². The quantitative estimate of drug-likeness (QED) is 0.661. The number of unbranched alkanes of at least 4 members (excludes halogenated alkanes) is 1. The molecule has 0 radical (unpaired) electrons. The van der Waals surface area contributed by atoms with E-state index >= 15 is 0 Å². The molecule has 0 aliphatic carbocycles. The predicted molar refractivity (Wildman–Crippen MR) is 73.8 cm³/mol. The summed E-state index contributed by atoms with van der Waals surface area (Å²) in [6, 6.07) is 9.48. The Morgan fingerprint density at radius 1 is 1.22 bits per heavy atom. The van der Waals surface area contributed by atoms with Gasteiger partial charge >= 0.3 is 5.97 Å². The van der Waals surface area contributed by atoms with Crippen LogP contribution in [0, 0.1) is 0 Å². The summed E-state index contributed by atoms with van der Waals surface area (Å²) >= 11 is 0. The van der Waals surface area contributed by atoms with E-state index in [0.717, 1.165) is 25.1 Å². The molecular weight excluding hydrogens is 226 g/mol. The lowest BCUT2D eigenvalue weighted by Crippen LogP contribution is -2.19. The minimum atomic E-state index is -0.727. The van der Waals surface area contributed by atoms with Gasteiger partial charge in [0.2, 0.25) is 0 Å². The molecule has 1 aromatic carbocycles. The molecule has 0 spiro atoms. The molecule has 18 heavy (non-hydrogen) atoms. The first-order valence-corrected chi connectivity index (χ1v) is 6.74. The molecule has 0 aliphatic rings. The van der Waals surface area contributed by atoms with E-state index in [9.17, 15) is 9.90 Å². The minimum Gasteiger partial charge on any atom is -0.481 e. The first kappa shape index (κ1) is 14.7. The highest BCUT2D eigenvalue weighted by Gasteiger charge is 2.18. The van der Waals surface area contributed by atoms with Crippen LogP contribution in [0.5, 0.6) is 0 Å². The second kappa shape index (κ2) is 8.70. The zero-order valence-electron chi connectivity index (χ0n) is 11.1. The summed E-state index contributed by atoms with van der Waals surface area (Å²) in [5.74, 6) is -1.10. The lowest BCUT2D eigenvalue weighted by atomic mass is 9.94. The van der Waals surface area contributed by atoms with Crippen molar-refractivity contribution in [2.45, 2.75) is 38.5 Å². The van der Waals surface area contributed by atoms with E-state index in [1.54, 1.807) is 0 Å². The van der Waals surface area contributed by atoms with Crippen molar-refractivity contribution in [1.82, 2.24) is 5.32 Å². The van der Waals surface area contributed by atoms with Gasteiger partial charge < -0.3 is 10.4 Å². The SMILES string of the molecule is CCCCNCCCC(C(=O)O)c1ccccc1. The van der Waals surface area contributed by atoms with Crippen molar-refractivity contribution in [1.29, 1.82) is 0 Å². The molecular formula is C15H23NO2. The smallest absolute Gasteiger partial charge is 0.310 e. The number of carboxylic acid groups (broad SMARTS) is 1. The average Bonchev–Trinajstić information content (AvgIpc) is 2.38. The molecule has 0 bridgehead atoms. The molecule has 0 saturated heterocycles. The fourth-order valence-corrected chi connectivity index (χ4v) is 1.98. The third-order valence-electron chi connectivity index (χ3n) is 3.05. The topological polar surface area (TPSA) is 49.3 Å². The summed E-state index contributed by atoms with van der Waals surface area (Å²) < 4.78 is 0. The van der Waals surface area contributed by atoms with E-state index in [4.69, 9.17) is 0 Å². The first-order valence-electron chi connectivity index (χ1n) is 6.74. The number of hydrogen-bond acceptors (Lipinski definition) is 2. The maximum Gasteiger partial charge on any atom is 0.310 e. The molecule has 1 atom stereocenters. The molecule has 2 N–H and O–H groups in total. The van der Waals surface area contributed by atoms with Gasteiger partial charge in [-0.15, -0.1) is 0 Å². The molecule has 3 nitrogen and oxygen atoms in total. The van der Waals surface area contributed by atoms with Crippen LogP contribution in [0.4, 0.5) is 0 Å². The Labute approximate surface area is 109 Å². The lowest BCUT2D eigenvalue weighted by molar-refractivity contribution is -0.139. The van der Waals surface area contributed by atoms with Gasteiger partial charge in [-0.1, -0.05) is 43.7 Å². The number of rotatable bonds is 9. The molecule has 0 heterocycles. The van der Waals surface area contributed by atoms with Gasteiger partial charge in [-0.25, -0.2) is 0 Å². The Balaban J connectivity index is 2.34. The maximum absolute atomic E-state index is 11.2. The number of carbonyl (C=O) groups is 1. The van der Waals surface area contributed by atoms with Crippen molar-refractivity contribution in [3.63, 3.8) is 0 Å². The Bertz CT molecular complexity index is 338. The first-order chi connectivity index (χ1) is 8.75. The van der Waals surface area contributed by atoms with E-state index in [1.807, 2.05) is 30.3 Å². The summed E-state index contributed by atoms with van der Waals surface area (Å²) in [6.07, 6.45) is 3.96. The number of nitrogens with one attached hydrogen (secondary N) is 1. The van der Waals surface area contributed by atoms with Crippen LogP contribution in [0.3, 0.4) is 0 Å². The number of benzene rings is 1. The van der Waals surface area contributed by atoms with Crippen molar-refractivity contribution in [3.8, 4) is 0 Å². The zero-order valence-corrected chi connectivity index (χ0v) is 11.1. The van der Waals surface area contributed by atoms with Crippen molar-refractivity contribution < 1.29 is 9.90 Å². The van der Waals surface area contributed by atoms with Gasteiger partial charge in [0.05, 0.1) is 5.92 Å². The molecule has 1 unspecified atom stereocenters. The molecule has 3 heteroatoms. The Hall–Kier alpha value is -1.35. The summed E-state index contributed by atoms with van der Waals surface area (Å²) in [7, 11) is 0. The molecule has 0 amide bonds. The molecule has 0 aromatic heterocycles. The second-order valence-electron chi connectivity index (χ2n) is 4.55. The second-order valence-corrected chi connectivity index (χ2v) is 4.55. The summed E-state index contributed by atoms with van der Waals surface area (Å²) in [4.78, 5) is 11.2. The standard InChI is InChI=1S/C15H23NO2/c1-2-3-11-16-12-7-10-14(15(17)18)13-8-5-4-6-9-13/h4-6,8-9,14,16H,2-3,7,10-12H2,1H3,(H,17,18). The van der Waals surface area contributed by atoms with Gasteiger partial charge in [-0.05, 0) is 37.9 Å². The molecule has 0 aliphatic heterocycles. The highest BCUT2D eigenvalue weighted by molar-refractivity contribution is 5.75. The van der Waals surface area contributed by atoms with Crippen LogP contribution in [0.15, 0.2) is 30.3 Å². The van der Waals surface area contributed by atoms with Crippen molar-refractivity contribution in [2.75, 3.05) is 13.1 Å². The largest absolute Gasteiger partial charge is 0.481 e.